The fraction of sp³-hybridized carbons (Fsp3) is 0.684. The Kier molecular flexibility index (Phi) is 3.25. The summed E-state index contributed by atoms with van der Waals surface area (Å²) in [6.07, 6.45) is 8.90. The molecule has 2 heteroatoms. The van der Waals surface area contributed by atoms with Crippen LogP contribution in [0, 0.1) is 17.8 Å². The number of nitrogens with one attached hydrogen (secondary N) is 1. The summed E-state index contributed by atoms with van der Waals surface area (Å²) in [7, 11) is 4.20. The minimum absolute atomic E-state index is 0.481. The summed E-state index contributed by atoms with van der Waals surface area (Å²) < 4.78 is 0. The summed E-state index contributed by atoms with van der Waals surface area (Å²) in [6.45, 7) is 1.04. The van der Waals surface area contributed by atoms with Gasteiger partial charge in [0, 0.05) is 31.9 Å². The molecule has 1 aromatic rings. The molecule has 5 rings (SSSR count). The normalized spacial score (nSPS) is 37.0. The molecule has 0 atom stereocenters. The lowest BCUT2D eigenvalue weighted by Crippen LogP contribution is -2.58. The van der Waals surface area contributed by atoms with E-state index in [1.165, 1.54) is 49.8 Å². The zero-order valence-electron chi connectivity index (χ0n) is 13.4. The van der Waals surface area contributed by atoms with E-state index >= 15 is 0 Å². The Morgan fingerprint density at radius 3 is 1.95 bits per heavy atom. The standard InChI is InChI=1S/C19H28N2/c1-21(2)18-5-3-14(4-6-18)13-20-19-10-15-7-16(11-19)9-17(8-15)12-19/h3-6,15-17,20H,7-13H2,1-2H3. The van der Waals surface area contributed by atoms with Gasteiger partial charge in [-0.05, 0) is 74.0 Å². The zero-order valence-corrected chi connectivity index (χ0v) is 13.4. The van der Waals surface area contributed by atoms with Crippen LogP contribution in [0.2, 0.25) is 0 Å². The van der Waals surface area contributed by atoms with Gasteiger partial charge < -0.3 is 10.2 Å². The Labute approximate surface area is 128 Å². The summed E-state index contributed by atoms with van der Waals surface area (Å²) in [5, 5.41) is 3.98. The lowest BCUT2D eigenvalue weighted by Gasteiger charge is -2.57. The van der Waals surface area contributed by atoms with E-state index in [9.17, 15) is 0 Å². The van der Waals surface area contributed by atoms with Crippen LogP contribution in [0.15, 0.2) is 24.3 Å². The summed E-state index contributed by atoms with van der Waals surface area (Å²) in [5.74, 6) is 3.08. The van der Waals surface area contributed by atoms with Crippen LogP contribution in [-0.2, 0) is 6.54 Å². The Hall–Kier alpha value is -1.02. The average Bonchev–Trinajstić information content (AvgIpc) is 2.44. The van der Waals surface area contributed by atoms with Crippen molar-refractivity contribution in [3.63, 3.8) is 0 Å². The zero-order chi connectivity index (χ0) is 14.4. The van der Waals surface area contributed by atoms with Crippen LogP contribution < -0.4 is 10.2 Å². The van der Waals surface area contributed by atoms with Crippen LogP contribution in [0.3, 0.4) is 0 Å². The smallest absolute Gasteiger partial charge is 0.0361 e. The van der Waals surface area contributed by atoms with Crippen molar-refractivity contribution >= 4 is 5.69 Å². The second-order valence-electron chi connectivity index (χ2n) is 8.11. The van der Waals surface area contributed by atoms with Gasteiger partial charge in [-0.25, -0.2) is 0 Å². The number of hydrogen-bond donors (Lipinski definition) is 1. The first-order valence-corrected chi connectivity index (χ1v) is 8.63. The lowest BCUT2D eigenvalue weighted by atomic mass is 9.53. The van der Waals surface area contributed by atoms with Gasteiger partial charge in [-0.1, -0.05) is 12.1 Å². The summed E-state index contributed by atoms with van der Waals surface area (Å²) in [5.41, 5.74) is 3.19. The molecule has 21 heavy (non-hydrogen) atoms. The number of benzene rings is 1. The molecule has 4 aliphatic rings. The third-order valence-electron chi connectivity index (χ3n) is 6.16. The molecule has 4 aliphatic carbocycles. The van der Waals surface area contributed by atoms with Crippen molar-refractivity contribution in [3.05, 3.63) is 29.8 Å². The van der Waals surface area contributed by atoms with E-state index < -0.39 is 0 Å². The van der Waals surface area contributed by atoms with Crippen LogP contribution in [0.25, 0.3) is 0 Å². The molecule has 0 unspecified atom stereocenters. The third-order valence-corrected chi connectivity index (χ3v) is 6.16. The lowest BCUT2D eigenvalue weighted by molar-refractivity contribution is -0.0206. The number of anilines is 1. The van der Waals surface area contributed by atoms with Crippen molar-refractivity contribution in [1.82, 2.24) is 5.32 Å². The quantitative estimate of drug-likeness (QED) is 0.904. The predicted octanol–water partition coefficient (Wildman–Crippen LogP) is 3.81. The van der Waals surface area contributed by atoms with E-state index in [4.69, 9.17) is 0 Å². The van der Waals surface area contributed by atoms with Gasteiger partial charge >= 0.3 is 0 Å². The molecule has 0 spiro atoms. The van der Waals surface area contributed by atoms with Crippen molar-refractivity contribution in [2.24, 2.45) is 17.8 Å². The summed E-state index contributed by atoms with van der Waals surface area (Å²) in [6, 6.07) is 9.03. The molecule has 114 valence electrons. The molecule has 4 fully saturated rings. The van der Waals surface area contributed by atoms with Gasteiger partial charge in [-0.15, -0.1) is 0 Å². The topological polar surface area (TPSA) is 15.3 Å². The van der Waals surface area contributed by atoms with Crippen LogP contribution in [0.4, 0.5) is 5.69 Å². The van der Waals surface area contributed by atoms with Gasteiger partial charge in [0.25, 0.3) is 0 Å². The molecule has 1 N–H and O–H groups in total. The first kappa shape index (κ1) is 13.6. The monoisotopic (exact) mass is 284 g/mol. The number of rotatable bonds is 4. The Bertz CT molecular complexity index is 468. The maximum atomic E-state index is 3.98. The summed E-state index contributed by atoms with van der Waals surface area (Å²) >= 11 is 0. The highest BCUT2D eigenvalue weighted by Gasteiger charge is 2.50. The fourth-order valence-corrected chi connectivity index (χ4v) is 5.53. The van der Waals surface area contributed by atoms with Crippen LogP contribution >= 0.6 is 0 Å². The number of hydrogen-bond acceptors (Lipinski definition) is 2. The molecule has 2 nitrogen and oxygen atoms in total. The molecule has 0 heterocycles. The van der Waals surface area contributed by atoms with E-state index in [0.717, 1.165) is 24.3 Å². The van der Waals surface area contributed by atoms with Crippen molar-refractivity contribution in [1.29, 1.82) is 0 Å². The molecule has 4 bridgehead atoms. The van der Waals surface area contributed by atoms with Gasteiger partial charge in [-0.2, -0.15) is 0 Å². The first-order valence-electron chi connectivity index (χ1n) is 8.63. The van der Waals surface area contributed by atoms with E-state index in [-0.39, 0.29) is 0 Å². The average molecular weight is 284 g/mol. The largest absolute Gasteiger partial charge is 0.378 e. The van der Waals surface area contributed by atoms with Crippen molar-refractivity contribution in [2.45, 2.75) is 50.6 Å². The molecular formula is C19H28N2. The molecule has 1 aromatic carbocycles. The molecule has 0 radical (unpaired) electrons. The van der Waals surface area contributed by atoms with Crippen LogP contribution in [0.1, 0.15) is 44.1 Å². The Morgan fingerprint density at radius 2 is 1.48 bits per heavy atom. The Balaban J connectivity index is 1.42. The molecule has 4 saturated carbocycles. The second kappa shape index (κ2) is 5.01. The second-order valence-corrected chi connectivity index (χ2v) is 8.11. The predicted molar refractivity (Wildman–Crippen MR) is 88.5 cm³/mol. The van der Waals surface area contributed by atoms with Gasteiger partial charge in [0.2, 0.25) is 0 Å². The van der Waals surface area contributed by atoms with Gasteiger partial charge in [0.1, 0.15) is 0 Å². The maximum Gasteiger partial charge on any atom is 0.0361 e. The van der Waals surface area contributed by atoms with Gasteiger partial charge in [0.15, 0.2) is 0 Å². The minimum Gasteiger partial charge on any atom is -0.378 e. The van der Waals surface area contributed by atoms with E-state index in [1.807, 2.05) is 0 Å². The van der Waals surface area contributed by atoms with Crippen LogP contribution in [-0.4, -0.2) is 19.6 Å². The highest BCUT2D eigenvalue weighted by atomic mass is 15.1. The SMILES string of the molecule is CN(C)c1ccc(CNC23CC4CC(CC(C4)C2)C3)cc1. The van der Waals surface area contributed by atoms with E-state index in [0.29, 0.717) is 5.54 Å². The first-order chi connectivity index (χ1) is 10.1. The number of nitrogens with zero attached hydrogens (tertiary/aromatic N) is 1. The van der Waals surface area contributed by atoms with E-state index in [1.54, 1.807) is 0 Å². The third kappa shape index (κ3) is 2.59. The van der Waals surface area contributed by atoms with Crippen molar-refractivity contribution < 1.29 is 0 Å². The van der Waals surface area contributed by atoms with Gasteiger partial charge in [-0.3, -0.25) is 0 Å². The highest BCUT2D eigenvalue weighted by Crippen LogP contribution is 2.55. The molecule has 0 aliphatic heterocycles. The fourth-order valence-electron chi connectivity index (χ4n) is 5.53. The molecular weight excluding hydrogens is 256 g/mol. The van der Waals surface area contributed by atoms with E-state index in [2.05, 4.69) is 48.6 Å². The van der Waals surface area contributed by atoms with Crippen molar-refractivity contribution in [2.75, 3.05) is 19.0 Å². The molecule has 0 aromatic heterocycles. The van der Waals surface area contributed by atoms with Crippen molar-refractivity contribution in [3.8, 4) is 0 Å². The summed E-state index contributed by atoms with van der Waals surface area (Å²) in [4.78, 5) is 2.16. The Morgan fingerprint density at radius 1 is 0.952 bits per heavy atom. The van der Waals surface area contributed by atoms with Crippen LogP contribution in [0.5, 0.6) is 0 Å². The minimum atomic E-state index is 0.481. The molecule has 0 saturated heterocycles. The highest BCUT2D eigenvalue weighted by molar-refractivity contribution is 5.46. The van der Waals surface area contributed by atoms with Gasteiger partial charge in [0.05, 0.1) is 0 Å². The molecule has 0 amide bonds. The maximum absolute atomic E-state index is 3.98.